The lowest BCUT2D eigenvalue weighted by Gasteiger charge is -2.40. The number of hydrogen-bond acceptors (Lipinski definition) is 0. The van der Waals surface area contributed by atoms with Gasteiger partial charge in [-0.3, -0.25) is 0 Å². The summed E-state index contributed by atoms with van der Waals surface area (Å²) in [7, 11) is 1.15. The second kappa shape index (κ2) is 15.6. The van der Waals surface area contributed by atoms with E-state index in [0.29, 0.717) is 29.0 Å². The van der Waals surface area contributed by atoms with Gasteiger partial charge >= 0.3 is 0 Å². The van der Waals surface area contributed by atoms with Crippen molar-refractivity contribution in [3.05, 3.63) is 257 Å². The van der Waals surface area contributed by atoms with E-state index in [9.17, 15) is 0 Å². The maximum absolute atomic E-state index is 2.62. The van der Waals surface area contributed by atoms with Crippen molar-refractivity contribution in [3.8, 4) is 0 Å². The molecule has 0 fully saturated rings. The molecule has 0 saturated carbocycles. The van der Waals surface area contributed by atoms with Gasteiger partial charge in [0, 0.05) is 0 Å². The second-order valence-corrected chi connectivity index (χ2v) is 21.2. The van der Waals surface area contributed by atoms with Gasteiger partial charge in [0.1, 0.15) is 0 Å². The molecule has 0 amide bonds. The average Bonchev–Trinajstić information content (AvgIpc) is 3.67. The maximum Gasteiger partial charge on any atom is -0.00140 e. The minimum atomic E-state index is 0.439. The number of benzene rings is 8. The Hall–Kier alpha value is -6.42. The standard InChI is InChI=1S/C64H48P2/c1-9-21-51-39(13-1)25-27-45-37-65-63(55-31-29-41-15-3-11-23-53(41)61(55)59(45)51)47-33-43-17-5-7-19-49(43)57(35-47)58-36-48(34-44-18-6-8-20-50(44)58)64-56-32-30-42-16-4-12-24-54(42)62(56)60-46(38-66-64)28-26-40-14-2-10-22-52(40)60/h1-6,9-18,21-34,37-38,57-58,65-66H,7-8,19-20,35-36H2. The third-order valence-electron chi connectivity index (χ3n) is 15.6. The molecule has 0 radical (unpaired) electrons. The molecule has 2 heterocycles. The Kier molecular flexibility index (Phi) is 9.17. The molecule has 8 aromatic rings. The molecule has 314 valence electrons. The van der Waals surface area contributed by atoms with Crippen LogP contribution in [0.3, 0.4) is 0 Å². The highest BCUT2D eigenvalue weighted by Gasteiger charge is 2.37. The Bertz CT molecular complexity index is 3900. The monoisotopic (exact) mass is 878 g/mol. The highest BCUT2D eigenvalue weighted by Crippen LogP contribution is 2.53. The van der Waals surface area contributed by atoms with Crippen LogP contribution in [0.15, 0.2) is 215 Å². The third-order valence-corrected chi connectivity index (χ3v) is 18.3. The van der Waals surface area contributed by atoms with E-state index < -0.39 is 0 Å². The van der Waals surface area contributed by atoms with Crippen molar-refractivity contribution in [1.29, 1.82) is 0 Å². The first-order chi connectivity index (χ1) is 32.7. The Morgan fingerprint density at radius 1 is 0.379 bits per heavy atom. The van der Waals surface area contributed by atoms with E-state index in [0.717, 1.165) is 38.5 Å². The van der Waals surface area contributed by atoms with Crippen LogP contribution in [0, 0.1) is 32.7 Å². The molecule has 0 aromatic heterocycles. The summed E-state index contributed by atoms with van der Waals surface area (Å²) in [6, 6.07) is 55.3. The fourth-order valence-electron chi connectivity index (χ4n) is 12.7. The van der Waals surface area contributed by atoms with E-state index in [4.69, 9.17) is 0 Å². The van der Waals surface area contributed by atoms with Crippen molar-refractivity contribution in [2.24, 2.45) is 11.8 Å². The quantitative estimate of drug-likeness (QED) is 0.155. The van der Waals surface area contributed by atoms with Gasteiger partial charge in [0.05, 0.1) is 0 Å². The molecule has 0 N–H and O–H groups in total. The molecule has 66 heavy (non-hydrogen) atoms. The SMILES string of the molecule is C1=CC2=C(CC1)C(C1CC(C3=c4ccc5ccccc5c4=c4c(ccc5ccccc45)=CP3)=CC3=C1CCC=C3)CC(C1=c3ccc4ccccc4c3=c3c(ccc4ccccc34)=CP1)=C2. The average molecular weight is 879 g/mol. The smallest absolute Gasteiger partial charge is 0.00140 e. The van der Waals surface area contributed by atoms with Gasteiger partial charge in [-0.15, -0.1) is 0 Å². The molecule has 0 saturated heterocycles. The zero-order chi connectivity index (χ0) is 43.3. The topological polar surface area (TPSA) is 0 Å². The minimum Gasteiger partial charge on any atom is -0.0836 e. The summed E-state index contributed by atoms with van der Waals surface area (Å²) in [5.41, 5.74) is 9.40. The first kappa shape index (κ1) is 38.8. The van der Waals surface area contributed by atoms with Gasteiger partial charge in [-0.1, -0.05) is 222 Å². The Morgan fingerprint density at radius 2 is 0.758 bits per heavy atom. The van der Waals surface area contributed by atoms with E-state index >= 15 is 0 Å². The van der Waals surface area contributed by atoms with Gasteiger partial charge in [-0.05, 0) is 168 Å². The van der Waals surface area contributed by atoms with E-state index in [2.05, 4.69) is 194 Å². The summed E-state index contributed by atoms with van der Waals surface area (Å²) in [4.78, 5) is 0. The Balaban J connectivity index is 0.986. The van der Waals surface area contributed by atoms with Gasteiger partial charge < -0.3 is 0 Å². The number of rotatable bonds is 3. The van der Waals surface area contributed by atoms with Crippen LogP contribution in [0.2, 0.25) is 0 Å². The van der Waals surface area contributed by atoms with Crippen molar-refractivity contribution >= 4 is 82.5 Å². The summed E-state index contributed by atoms with van der Waals surface area (Å²) < 4.78 is 0. The van der Waals surface area contributed by atoms with Crippen LogP contribution < -0.4 is 20.9 Å². The van der Waals surface area contributed by atoms with Crippen LogP contribution in [-0.4, -0.2) is 0 Å². The van der Waals surface area contributed by atoms with Crippen molar-refractivity contribution in [3.63, 3.8) is 0 Å². The molecule has 2 heteroatoms. The molecular weight excluding hydrogens is 831 g/mol. The van der Waals surface area contributed by atoms with Gasteiger partial charge in [-0.2, -0.15) is 0 Å². The fourth-order valence-corrected chi connectivity index (χ4v) is 15.2. The molecule has 0 spiro atoms. The Morgan fingerprint density at radius 3 is 1.18 bits per heavy atom. The predicted octanol–water partition coefficient (Wildman–Crippen LogP) is 13.8. The third kappa shape index (κ3) is 6.12. The van der Waals surface area contributed by atoms with Crippen LogP contribution in [0.25, 0.3) is 65.4 Å². The molecule has 4 aliphatic carbocycles. The Labute approximate surface area is 388 Å². The summed E-state index contributed by atoms with van der Waals surface area (Å²) >= 11 is 0. The highest BCUT2D eigenvalue weighted by molar-refractivity contribution is 7.59. The first-order valence-corrected chi connectivity index (χ1v) is 26.1. The lowest BCUT2D eigenvalue weighted by atomic mass is 9.65. The van der Waals surface area contributed by atoms with Gasteiger partial charge in [0.2, 0.25) is 0 Å². The van der Waals surface area contributed by atoms with Crippen LogP contribution in [-0.2, 0) is 0 Å². The van der Waals surface area contributed by atoms with Gasteiger partial charge in [0.15, 0.2) is 0 Å². The molecule has 2 aliphatic heterocycles. The van der Waals surface area contributed by atoms with E-state index in [1.807, 2.05) is 0 Å². The highest BCUT2D eigenvalue weighted by atomic mass is 31.1. The number of allylic oxidation sites excluding steroid dienone is 12. The lowest BCUT2D eigenvalue weighted by Crippen LogP contribution is -2.28. The molecular formula is C64H48P2. The lowest BCUT2D eigenvalue weighted by molar-refractivity contribution is 0.397. The van der Waals surface area contributed by atoms with Crippen LogP contribution in [0.5, 0.6) is 0 Å². The summed E-state index contributed by atoms with van der Waals surface area (Å²) in [5, 5.41) is 24.8. The molecule has 4 atom stereocenters. The molecule has 6 aliphatic rings. The van der Waals surface area contributed by atoms with Gasteiger partial charge in [-0.25, -0.2) is 0 Å². The maximum atomic E-state index is 2.62. The molecule has 14 rings (SSSR count). The zero-order valence-electron chi connectivity index (χ0n) is 36.9. The summed E-state index contributed by atoms with van der Waals surface area (Å²) in [5.74, 6) is 6.01. The van der Waals surface area contributed by atoms with E-state index in [-0.39, 0.29) is 0 Å². The van der Waals surface area contributed by atoms with E-state index in [1.165, 1.54) is 118 Å². The fraction of sp³-hybridized carbons (Fsp3) is 0.125. The largest absolute Gasteiger partial charge is 0.0836 e. The minimum absolute atomic E-state index is 0.439. The second-order valence-electron chi connectivity index (χ2n) is 19.1. The summed E-state index contributed by atoms with van der Waals surface area (Å²) in [6.45, 7) is 0. The van der Waals surface area contributed by atoms with Gasteiger partial charge in [0.25, 0.3) is 0 Å². The first-order valence-electron chi connectivity index (χ1n) is 24.0. The predicted molar refractivity (Wildman–Crippen MR) is 285 cm³/mol. The molecule has 8 aromatic carbocycles. The number of hydrogen-bond donors (Lipinski definition) is 0. The normalized spacial score (nSPS) is 20.5. The van der Waals surface area contributed by atoms with E-state index in [1.54, 1.807) is 11.1 Å². The van der Waals surface area contributed by atoms with Crippen LogP contribution in [0.4, 0.5) is 0 Å². The van der Waals surface area contributed by atoms with Crippen LogP contribution >= 0.6 is 17.2 Å². The zero-order valence-corrected chi connectivity index (χ0v) is 38.9. The van der Waals surface area contributed by atoms with Crippen molar-refractivity contribution < 1.29 is 0 Å². The molecule has 0 bridgehead atoms. The van der Waals surface area contributed by atoms with Crippen molar-refractivity contribution in [2.75, 3.05) is 0 Å². The molecule has 4 unspecified atom stereocenters. The van der Waals surface area contributed by atoms with Crippen LogP contribution in [0.1, 0.15) is 38.5 Å². The number of fused-ring (bicyclic) bond motifs is 12. The van der Waals surface area contributed by atoms with Crippen molar-refractivity contribution in [2.45, 2.75) is 38.5 Å². The van der Waals surface area contributed by atoms with Crippen molar-refractivity contribution in [1.82, 2.24) is 0 Å². The molecule has 0 nitrogen and oxygen atoms in total. The summed E-state index contributed by atoms with van der Waals surface area (Å²) in [6.07, 6.45) is 21.8.